The van der Waals surface area contributed by atoms with Crippen LogP contribution in [0.25, 0.3) is 0 Å². The van der Waals surface area contributed by atoms with Crippen molar-refractivity contribution in [2.24, 2.45) is 5.92 Å². The van der Waals surface area contributed by atoms with Crippen LogP contribution in [-0.4, -0.2) is 42.9 Å². The number of phenolic OH excluding ortho intramolecular Hbond substituents is 1. The second-order valence-electron chi connectivity index (χ2n) is 6.40. The zero-order valence-corrected chi connectivity index (χ0v) is 16.7. The molecule has 1 heterocycles. The van der Waals surface area contributed by atoms with E-state index in [0.717, 1.165) is 28.7 Å². The summed E-state index contributed by atoms with van der Waals surface area (Å²) in [4.78, 5) is 2.08. The average Bonchev–Trinajstić information content (AvgIpc) is 2.88. The number of thioether (sulfide) groups is 2. The molecule has 26 heavy (non-hydrogen) atoms. The van der Waals surface area contributed by atoms with Gasteiger partial charge in [0.2, 0.25) is 0 Å². The molecule has 140 valence electrons. The largest absolute Gasteiger partial charge is 0.503 e. The van der Waals surface area contributed by atoms with E-state index in [4.69, 9.17) is 9.47 Å². The number of fused-ring (bicyclic) bond motifs is 1. The lowest BCUT2D eigenvalue weighted by molar-refractivity contribution is 0.270. The lowest BCUT2D eigenvalue weighted by Crippen LogP contribution is -2.39. The fourth-order valence-electron chi connectivity index (χ4n) is 2.68. The number of phenols is 1. The third-order valence-electron chi connectivity index (χ3n) is 4.19. The third-order valence-corrected chi connectivity index (χ3v) is 6.78. The van der Waals surface area contributed by atoms with Crippen molar-refractivity contribution < 1.29 is 14.6 Å². The van der Waals surface area contributed by atoms with Crippen LogP contribution in [0.15, 0.2) is 52.3 Å². The van der Waals surface area contributed by atoms with Crippen LogP contribution in [0.2, 0.25) is 0 Å². The topological polar surface area (TPSA) is 50.7 Å². The van der Waals surface area contributed by atoms with Gasteiger partial charge in [0.15, 0.2) is 11.5 Å². The first-order valence-corrected chi connectivity index (χ1v) is 10.7. The number of hydrogen-bond donors (Lipinski definition) is 2. The smallest absolute Gasteiger partial charge is 0.171 e. The summed E-state index contributed by atoms with van der Waals surface area (Å²) in [6.07, 6.45) is 0. The summed E-state index contributed by atoms with van der Waals surface area (Å²) in [7, 11) is 1.57. The Morgan fingerprint density at radius 1 is 1.31 bits per heavy atom. The van der Waals surface area contributed by atoms with Crippen LogP contribution in [0.3, 0.4) is 0 Å². The second kappa shape index (κ2) is 9.44. The van der Waals surface area contributed by atoms with E-state index in [0.29, 0.717) is 24.3 Å². The van der Waals surface area contributed by atoms with Gasteiger partial charge in [0.25, 0.3) is 0 Å². The Kier molecular flexibility index (Phi) is 7.00. The van der Waals surface area contributed by atoms with Crippen LogP contribution in [0.5, 0.6) is 17.2 Å². The molecule has 6 heteroatoms. The maximum absolute atomic E-state index is 10.2. The number of para-hydroxylation sites is 2. The van der Waals surface area contributed by atoms with E-state index < -0.39 is 0 Å². The minimum atomic E-state index is 0.228. The van der Waals surface area contributed by atoms with Gasteiger partial charge in [-0.1, -0.05) is 25.1 Å². The molecule has 0 spiro atoms. The molecule has 0 amide bonds. The van der Waals surface area contributed by atoms with Gasteiger partial charge in [-0.15, -0.1) is 23.5 Å². The van der Waals surface area contributed by atoms with Crippen LogP contribution in [0.4, 0.5) is 0 Å². The van der Waals surface area contributed by atoms with E-state index in [1.807, 2.05) is 36.0 Å². The molecule has 2 aromatic rings. The molecule has 1 aliphatic rings. The van der Waals surface area contributed by atoms with Gasteiger partial charge in [-0.25, -0.2) is 0 Å². The molecule has 0 saturated carbocycles. The highest BCUT2D eigenvalue weighted by Gasteiger charge is 2.18. The molecule has 0 saturated heterocycles. The van der Waals surface area contributed by atoms with Gasteiger partial charge in [-0.3, -0.25) is 0 Å². The maximum atomic E-state index is 10.2. The van der Waals surface area contributed by atoms with Gasteiger partial charge >= 0.3 is 0 Å². The number of hydrogen-bond acceptors (Lipinski definition) is 6. The number of methoxy groups -OCH3 is 1. The molecule has 0 bridgehead atoms. The molecule has 0 fully saturated rings. The van der Waals surface area contributed by atoms with Crippen LogP contribution in [0, 0.1) is 5.92 Å². The summed E-state index contributed by atoms with van der Waals surface area (Å²) in [6, 6.07) is 14.2. The van der Waals surface area contributed by atoms with Gasteiger partial charge in [0.1, 0.15) is 12.4 Å². The maximum Gasteiger partial charge on any atom is 0.171 e. The Bertz CT molecular complexity index is 699. The molecule has 2 aromatic carbocycles. The van der Waals surface area contributed by atoms with E-state index in [1.54, 1.807) is 24.9 Å². The first-order chi connectivity index (χ1) is 12.7. The van der Waals surface area contributed by atoms with Crippen molar-refractivity contribution in [2.45, 2.75) is 22.8 Å². The minimum absolute atomic E-state index is 0.228. The Balaban J connectivity index is 1.44. The molecular formula is C20H25NO3S2. The first kappa shape index (κ1) is 19.3. The van der Waals surface area contributed by atoms with Crippen LogP contribution in [-0.2, 0) is 0 Å². The van der Waals surface area contributed by atoms with Gasteiger partial charge in [0.05, 0.1) is 18.0 Å². The highest BCUT2D eigenvalue weighted by Crippen LogP contribution is 2.37. The van der Waals surface area contributed by atoms with E-state index >= 15 is 0 Å². The van der Waals surface area contributed by atoms with Crippen LogP contribution in [0.1, 0.15) is 6.92 Å². The van der Waals surface area contributed by atoms with E-state index in [2.05, 4.69) is 24.4 Å². The predicted molar refractivity (Wildman–Crippen MR) is 109 cm³/mol. The van der Waals surface area contributed by atoms with Crippen molar-refractivity contribution >= 4 is 23.5 Å². The molecule has 0 aliphatic carbocycles. The van der Waals surface area contributed by atoms with E-state index in [-0.39, 0.29) is 5.75 Å². The summed E-state index contributed by atoms with van der Waals surface area (Å²) in [5.74, 6) is 4.14. The summed E-state index contributed by atoms with van der Waals surface area (Å²) in [6.45, 7) is 3.83. The molecule has 1 aliphatic heterocycles. The molecule has 2 unspecified atom stereocenters. The van der Waals surface area contributed by atoms with Gasteiger partial charge in [-0.05, 0) is 36.7 Å². The van der Waals surface area contributed by atoms with Gasteiger partial charge in [-0.2, -0.15) is 0 Å². The molecule has 3 rings (SSSR count). The Morgan fingerprint density at radius 3 is 3.00 bits per heavy atom. The summed E-state index contributed by atoms with van der Waals surface area (Å²) >= 11 is 3.50. The minimum Gasteiger partial charge on any atom is -0.503 e. The SMILES string of the molecule is COc1cccc(SCC(C)CNC2COc3ccccc3SC2)c1O. The Labute approximate surface area is 163 Å². The molecule has 4 nitrogen and oxygen atoms in total. The number of nitrogens with one attached hydrogen (secondary N) is 1. The van der Waals surface area contributed by atoms with Gasteiger partial charge in [0, 0.05) is 16.4 Å². The van der Waals surface area contributed by atoms with E-state index in [1.165, 1.54) is 4.90 Å². The number of rotatable bonds is 7. The quantitative estimate of drug-likeness (QED) is 0.688. The molecular weight excluding hydrogens is 366 g/mol. The molecule has 2 N–H and O–H groups in total. The molecule has 2 atom stereocenters. The van der Waals surface area contributed by atoms with Crippen LogP contribution < -0.4 is 14.8 Å². The fraction of sp³-hybridized carbons (Fsp3) is 0.400. The van der Waals surface area contributed by atoms with Crippen molar-refractivity contribution in [2.75, 3.05) is 31.8 Å². The standard InChI is InChI=1S/C20H25NO3S2/c1-14(12-25-19-9-5-7-17(23-2)20(19)22)10-21-15-11-24-16-6-3-4-8-18(16)26-13-15/h3-9,14-15,21-22H,10-13H2,1-2H3. The van der Waals surface area contributed by atoms with E-state index in [9.17, 15) is 5.11 Å². The summed E-state index contributed by atoms with van der Waals surface area (Å²) < 4.78 is 11.1. The number of benzene rings is 2. The highest BCUT2D eigenvalue weighted by molar-refractivity contribution is 7.99. The lowest BCUT2D eigenvalue weighted by Gasteiger charge is -2.19. The predicted octanol–water partition coefficient (Wildman–Crippen LogP) is 4.27. The normalized spacial score (nSPS) is 17.7. The first-order valence-electron chi connectivity index (χ1n) is 8.74. The van der Waals surface area contributed by atoms with Crippen molar-refractivity contribution in [3.8, 4) is 17.2 Å². The van der Waals surface area contributed by atoms with Crippen molar-refractivity contribution in [1.82, 2.24) is 5.32 Å². The molecule has 0 radical (unpaired) electrons. The monoisotopic (exact) mass is 391 g/mol. The van der Waals surface area contributed by atoms with Crippen molar-refractivity contribution in [3.05, 3.63) is 42.5 Å². The number of aromatic hydroxyl groups is 1. The third kappa shape index (κ3) is 5.02. The molecule has 0 aromatic heterocycles. The van der Waals surface area contributed by atoms with Gasteiger partial charge < -0.3 is 19.9 Å². The Morgan fingerprint density at radius 2 is 2.15 bits per heavy atom. The summed E-state index contributed by atoms with van der Waals surface area (Å²) in [5, 5.41) is 13.8. The zero-order valence-electron chi connectivity index (χ0n) is 15.1. The zero-order chi connectivity index (χ0) is 18.4. The lowest BCUT2D eigenvalue weighted by atomic mass is 10.2. The van der Waals surface area contributed by atoms with Crippen molar-refractivity contribution in [3.63, 3.8) is 0 Å². The van der Waals surface area contributed by atoms with Crippen LogP contribution >= 0.6 is 23.5 Å². The average molecular weight is 392 g/mol. The number of ether oxygens (including phenoxy) is 2. The summed E-state index contributed by atoms with van der Waals surface area (Å²) in [5.41, 5.74) is 0. The van der Waals surface area contributed by atoms with Crippen molar-refractivity contribution in [1.29, 1.82) is 0 Å². The Hall–Kier alpha value is -1.50. The second-order valence-corrected chi connectivity index (χ2v) is 8.52. The fourth-order valence-corrected chi connectivity index (χ4v) is 4.71. The highest BCUT2D eigenvalue weighted by atomic mass is 32.2.